The van der Waals surface area contributed by atoms with Crippen LogP contribution >= 0.6 is 0 Å². The number of rotatable bonds is 7. The Labute approximate surface area is 215 Å². The summed E-state index contributed by atoms with van der Waals surface area (Å²) in [6.45, 7) is 5.36. The van der Waals surface area contributed by atoms with Gasteiger partial charge in [-0.3, -0.25) is 14.6 Å². The third kappa shape index (κ3) is 5.05. The van der Waals surface area contributed by atoms with Gasteiger partial charge in [-0.25, -0.2) is 9.18 Å². The number of fused-ring (bicyclic) bond motifs is 1. The first-order valence-electron chi connectivity index (χ1n) is 12.4. The van der Waals surface area contributed by atoms with Gasteiger partial charge in [-0.15, -0.1) is 0 Å². The van der Waals surface area contributed by atoms with Gasteiger partial charge in [0, 0.05) is 23.2 Å². The molecule has 1 fully saturated rings. The van der Waals surface area contributed by atoms with Crippen molar-refractivity contribution in [2.75, 3.05) is 20.3 Å². The van der Waals surface area contributed by atoms with E-state index in [9.17, 15) is 18.8 Å². The van der Waals surface area contributed by atoms with Crippen molar-refractivity contribution >= 4 is 23.4 Å². The number of carbonyl (C=O) groups excluding carboxylic acids is 3. The molecule has 2 aromatic rings. The molecule has 4 rings (SSSR count). The molecule has 0 N–H and O–H groups in total. The molecule has 1 aliphatic heterocycles. The maximum Gasteiger partial charge on any atom is 0.336 e. The Hall–Kier alpha value is -3.81. The Morgan fingerprint density at radius 1 is 0.946 bits per heavy atom. The molecule has 37 heavy (non-hydrogen) atoms. The summed E-state index contributed by atoms with van der Waals surface area (Å²) >= 11 is 0. The number of Topliss-reactive ketones (excluding diaryl/α,β-unsaturated/α-hetero) is 1. The van der Waals surface area contributed by atoms with Crippen molar-refractivity contribution in [2.45, 2.75) is 39.0 Å². The highest BCUT2D eigenvalue weighted by Crippen LogP contribution is 2.48. The summed E-state index contributed by atoms with van der Waals surface area (Å²) in [7, 11) is 1.56. The van der Waals surface area contributed by atoms with Gasteiger partial charge in [0.2, 0.25) is 0 Å². The van der Waals surface area contributed by atoms with Crippen LogP contribution in [0.2, 0.25) is 0 Å². The van der Waals surface area contributed by atoms with Crippen LogP contribution in [0.15, 0.2) is 64.8 Å². The number of ether oxygens (including phenoxy) is 3. The van der Waals surface area contributed by atoms with Crippen LogP contribution in [-0.2, 0) is 23.9 Å². The topological polar surface area (TPSA) is 91.3 Å². The lowest BCUT2D eigenvalue weighted by atomic mass is 9.62. The summed E-state index contributed by atoms with van der Waals surface area (Å²) in [6.07, 6.45) is 0.317. The van der Waals surface area contributed by atoms with E-state index >= 15 is 0 Å². The molecule has 7 nitrogen and oxygen atoms in total. The van der Waals surface area contributed by atoms with Gasteiger partial charge >= 0.3 is 11.9 Å². The second-order valence-electron chi connectivity index (χ2n) is 9.05. The van der Waals surface area contributed by atoms with Gasteiger partial charge in [0.25, 0.3) is 0 Å². The normalized spacial score (nSPS) is 23.2. The van der Waals surface area contributed by atoms with Crippen LogP contribution in [0.1, 0.15) is 50.2 Å². The first-order valence-corrected chi connectivity index (χ1v) is 12.4. The molecule has 1 aliphatic carbocycles. The maximum atomic E-state index is 14.2. The molecule has 1 saturated carbocycles. The lowest BCUT2D eigenvalue weighted by Crippen LogP contribution is -2.48. The number of esters is 2. The van der Waals surface area contributed by atoms with Crippen molar-refractivity contribution in [3.8, 4) is 5.75 Å². The number of methoxy groups -OCH3 is 1. The smallest absolute Gasteiger partial charge is 0.336 e. The molecular formula is C29H30FNO6. The van der Waals surface area contributed by atoms with E-state index in [1.54, 1.807) is 52.1 Å². The fourth-order valence-corrected chi connectivity index (χ4v) is 5.35. The summed E-state index contributed by atoms with van der Waals surface area (Å²) in [5, 5.41) is 0. The fraction of sp³-hybridized carbons (Fsp3) is 0.379. The van der Waals surface area contributed by atoms with Gasteiger partial charge in [-0.2, -0.15) is 0 Å². The van der Waals surface area contributed by atoms with E-state index in [1.807, 2.05) is 12.1 Å². The summed E-state index contributed by atoms with van der Waals surface area (Å²) < 4.78 is 29.7. The minimum absolute atomic E-state index is 0.123. The average Bonchev–Trinajstić information content (AvgIpc) is 2.88. The van der Waals surface area contributed by atoms with Crippen LogP contribution in [0.3, 0.4) is 0 Å². The predicted molar refractivity (Wildman–Crippen MR) is 135 cm³/mol. The molecule has 4 atom stereocenters. The molecule has 0 spiro atoms. The second kappa shape index (κ2) is 11.1. The highest BCUT2D eigenvalue weighted by atomic mass is 19.1. The van der Waals surface area contributed by atoms with Crippen LogP contribution < -0.4 is 4.74 Å². The number of allylic oxidation sites excluding steroid dienone is 1. The minimum atomic E-state index is -1.10. The van der Waals surface area contributed by atoms with Crippen molar-refractivity contribution in [1.29, 1.82) is 0 Å². The molecular weight excluding hydrogens is 477 g/mol. The van der Waals surface area contributed by atoms with Crippen molar-refractivity contribution < 1.29 is 33.0 Å². The molecule has 194 valence electrons. The van der Waals surface area contributed by atoms with Crippen LogP contribution in [0.25, 0.3) is 0 Å². The number of halogens is 1. The SMILES string of the molecule is CCOC(=O)C1=C(C)N=C2C[C@@H](c3ccc(OC)cc3)[C@@H](C(=O)OCC)C(=O)C2[C@@H]1c1ccc(F)cc1. The monoisotopic (exact) mass is 507 g/mol. The zero-order valence-electron chi connectivity index (χ0n) is 21.3. The largest absolute Gasteiger partial charge is 0.497 e. The van der Waals surface area contributed by atoms with Crippen molar-refractivity contribution in [3.05, 3.63) is 76.7 Å². The molecule has 0 aromatic heterocycles. The molecule has 0 bridgehead atoms. The van der Waals surface area contributed by atoms with Gasteiger partial charge in [0.15, 0.2) is 5.78 Å². The Morgan fingerprint density at radius 2 is 1.57 bits per heavy atom. The van der Waals surface area contributed by atoms with Gasteiger partial charge in [-0.05, 0) is 62.6 Å². The average molecular weight is 508 g/mol. The highest BCUT2D eigenvalue weighted by Gasteiger charge is 2.53. The van der Waals surface area contributed by atoms with E-state index in [1.165, 1.54) is 12.1 Å². The molecule has 0 radical (unpaired) electrons. The maximum absolute atomic E-state index is 14.2. The number of hydrogen-bond acceptors (Lipinski definition) is 7. The Kier molecular flexibility index (Phi) is 7.86. The number of aliphatic imine (C=N–C) groups is 1. The Morgan fingerprint density at radius 3 is 2.16 bits per heavy atom. The third-order valence-electron chi connectivity index (χ3n) is 6.96. The van der Waals surface area contributed by atoms with Crippen molar-refractivity contribution in [3.63, 3.8) is 0 Å². The molecule has 8 heteroatoms. The zero-order valence-corrected chi connectivity index (χ0v) is 21.3. The predicted octanol–water partition coefficient (Wildman–Crippen LogP) is 4.76. The fourth-order valence-electron chi connectivity index (χ4n) is 5.35. The van der Waals surface area contributed by atoms with E-state index in [2.05, 4.69) is 0 Å². The standard InChI is InChI=1S/C29H30FNO6/c1-5-36-28(33)23-16(3)31-22-15-21(17-9-13-20(35-4)14-10-17)25(29(34)37-6-2)27(32)26(22)24(23)18-7-11-19(30)12-8-18/h7-14,21,24-26H,5-6,15H2,1-4H3/t21-,24+,25+,26?/m0/s1. The minimum Gasteiger partial charge on any atom is -0.497 e. The number of hydrogen-bond donors (Lipinski definition) is 0. The number of nitrogens with zero attached hydrogens (tertiary/aromatic N) is 1. The van der Waals surface area contributed by atoms with E-state index < -0.39 is 41.4 Å². The van der Waals surface area contributed by atoms with Crippen LogP contribution in [-0.4, -0.2) is 43.8 Å². The zero-order chi connectivity index (χ0) is 26.7. The van der Waals surface area contributed by atoms with Crippen molar-refractivity contribution in [2.24, 2.45) is 16.8 Å². The van der Waals surface area contributed by atoms with Crippen molar-refractivity contribution in [1.82, 2.24) is 0 Å². The molecule has 1 heterocycles. The number of carbonyl (C=O) groups is 3. The summed E-state index contributed by atoms with van der Waals surface area (Å²) in [6, 6.07) is 12.9. The molecule has 0 amide bonds. The summed E-state index contributed by atoms with van der Waals surface area (Å²) in [5.74, 6) is -4.63. The molecule has 2 aliphatic rings. The molecule has 1 unspecified atom stereocenters. The third-order valence-corrected chi connectivity index (χ3v) is 6.96. The first-order chi connectivity index (χ1) is 17.8. The lowest BCUT2D eigenvalue weighted by molar-refractivity contribution is -0.153. The summed E-state index contributed by atoms with van der Waals surface area (Å²) in [4.78, 5) is 45.2. The van der Waals surface area contributed by atoms with Gasteiger partial charge in [0.05, 0.1) is 31.8 Å². The van der Waals surface area contributed by atoms with Gasteiger partial charge < -0.3 is 14.2 Å². The molecule has 2 aromatic carbocycles. The second-order valence-corrected chi connectivity index (χ2v) is 9.05. The quantitative estimate of drug-likeness (QED) is 0.396. The van der Waals surface area contributed by atoms with Gasteiger partial charge in [-0.1, -0.05) is 24.3 Å². The number of ketones is 1. The van der Waals surface area contributed by atoms with E-state index in [0.717, 1.165) is 5.56 Å². The van der Waals surface area contributed by atoms with E-state index in [0.29, 0.717) is 29.1 Å². The Bertz CT molecular complexity index is 1250. The molecule has 0 saturated heterocycles. The first kappa shape index (κ1) is 26.3. The van der Waals surface area contributed by atoms with Crippen LogP contribution in [0.5, 0.6) is 5.75 Å². The van der Waals surface area contributed by atoms with E-state index in [4.69, 9.17) is 19.2 Å². The van der Waals surface area contributed by atoms with Crippen LogP contribution in [0, 0.1) is 17.7 Å². The lowest BCUT2D eigenvalue weighted by Gasteiger charge is -2.41. The highest BCUT2D eigenvalue weighted by molar-refractivity contribution is 6.17. The summed E-state index contributed by atoms with van der Waals surface area (Å²) in [5.41, 5.74) is 2.60. The number of benzene rings is 2. The van der Waals surface area contributed by atoms with Crippen LogP contribution in [0.4, 0.5) is 4.39 Å². The Balaban J connectivity index is 1.87. The van der Waals surface area contributed by atoms with E-state index in [-0.39, 0.29) is 24.6 Å². The van der Waals surface area contributed by atoms with Gasteiger partial charge in [0.1, 0.15) is 17.5 Å².